The molecule has 1 saturated carbocycles. The lowest BCUT2D eigenvalue weighted by Gasteiger charge is -2.41. The number of rotatable bonds is 11. The molecule has 2 saturated heterocycles. The highest BCUT2D eigenvalue weighted by atomic mass is 32.2. The SMILES string of the molecule is NC1CC2CCC(C1)N2C(=O)C(NS(=O)(=O)c1ccc(OCC2CCCCC2)cc1)C(F)(F)c1ccc(Oc2ccccc2)cc1. The smallest absolute Gasteiger partial charge is 0.298 e. The topological polar surface area (TPSA) is 111 Å². The van der Waals surface area contributed by atoms with E-state index < -0.39 is 33.5 Å². The number of ether oxygens (including phenoxy) is 2. The summed E-state index contributed by atoms with van der Waals surface area (Å²) in [5.74, 6) is -3.02. The lowest BCUT2D eigenvalue weighted by molar-refractivity contribution is -0.149. The Balaban J connectivity index is 1.24. The van der Waals surface area contributed by atoms with Crippen LogP contribution in [0.15, 0.2) is 83.8 Å². The van der Waals surface area contributed by atoms with Crippen LogP contribution in [0.25, 0.3) is 0 Å². The number of hydrogen-bond acceptors (Lipinski definition) is 6. The Bertz CT molecular complexity index is 1570. The number of sulfonamides is 1. The van der Waals surface area contributed by atoms with Crippen LogP contribution in [0.4, 0.5) is 8.78 Å². The normalized spacial score (nSPS) is 22.8. The maximum Gasteiger partial charge on any atom is 0.298 e. The summed E-state index contributed by atoms with van der Waals surface area (Å²) >= 11 is 0. The lowest BCUT2D eigenvalue weighted by atomic mass is 9.90. The average Bonchev–Trinajstić information content (AvgIpc) is 3.34. The highest BCUT2D eigenvalue weighted by Crippen LogP contribution is 2.40. The number of alkyl halides is 2. The predicted molar refractivity (Wildman–Crippen MR) is 170 cm³/mol. The number of fused-ring (bicyclic) bond motifs is 2. The first-order valence-corrected chi connectivity index (χ1v) is 17.6. The standard InChI is InChI=1S/C35H41F2N3O5S/c36-35(37,25-11-15-31(16-12-25)45-30-9-5-2-6-10-30)33(34(41)40-27-13-14-28(40)22-26(38)21-27)39-46(42,43)32-19-17-29(18-20-32)44-23-24-7-3-1-4-8-24/h2,5-6,9-12,15-20,24,26-28,33,39H,1,3-4,7-8,13-14,21-23,38H2. The zero-order valence-electron chi connectivity index (χ0n) is 25.7. The maximum atomic E-state index is 16.5. The summed E-state index contributed by atoms with van der Waals surface area (Å²) in [7, 11) is -4.54. The fourth-order valence-corrected chi connectivity index (χ4v) is 8.24. The number of para-hydroxylation sites is 1. The molecule has 2 aliphatic heterocycles. The van der Waals surface area contributed by atoms with E-state index in [1.165, 1.54) is 60.6 Å². The molecule has 3 aromatic carbocycles. The molecule has 3 atom stereocenters. The molecule has 8 nitrogen and oxygen atoms in total. The van der Waals surface area contributed by atoms with Crippen LogP contribution in [-0.2, 0) is 20.7 Å². The van der Waals surface area contributed by atoms with Crippen LogP contribution in [0, 0.1) is 5.92 Å². The Morgan fingerprint density at radius 3 is 2.07 bits per heavy atom. The Morgan fingerprint density at radius 2 is 1.43 bits per heavy atom. The van der Waals surface area contributed by atoms with Crippen molar-refractivity contribution in [3.63, 3.8) is 0 Å². The van der Waals surface area contributed by atoms with Crippen LogP contribution in [0.2, 0.25) is 0 Å². The molecule has 3 N–H and O–H groups in total. The van der Waals surface area contributed by atoms with Crippen molar-refractivity contribution < 1.29 is 31.5 Å². The fraction of sp³-hybridized carbons (Fsp3) is 0.457. The van der Waals surface area contributed by atoms with E-state index in [4.69, 9.17) is 15.2 Å². The van der Waals surface area contributed by atoms with Gasteiger partial charge in [-0.1, -0.05) is 37.5 Å². The molecular weight excluding hydrogens is 612 g/mol. The van der Waals surface area contributed by atoms with Gasteiger partial charge >= 0.3 is 0 Å². The maximum absolute atomic E-state index is 16.5. The van der Waals surface area contributed by atoms with Gasteiger partial charge in [-0.15, -0.1) is 0 Å². The van der Waals surface area contributed by atoms with E-state index in [0.29, 0.717) is 55.5 Å². The first kappa shape index (κ1) is 32.4. The van der Waals surface area contributed by atoms with Crippen LogP contribution in [0.3, 0.4) is 0 Å². The molecule has 0 aromatic heterocycles. The van der Waals surface area contributed by atoms with Gasteiger partial charge < -0.3 is 20.1 Å². The second-order valence-corrected chi connectivity index (χ2v) is 14.5. The Hall–Kier alpha value is -3.54. The molecular formula is C35H41F2N3O5S. The molecule has 2 heterocycles. The number of carbonyl (C=O) groups excluding carboxylic acids is 1. The van der Waals surface area contributed by atoms with Crippen molar-refractivity contribution in [2.24, 2.45) is 11.7 Å². The van der Waals surface area contributed by atoms with E-state index in [-0.39, 0.29) is 23.0 Å². The third kappa shape index (κ3) is 7.21. The van der Waals surface area contributed by atoms with Crippen molar-refractivity contribution in [2.75, 3.05) is 6.61 Å². The van der Waals surface area contributed by atoms with Gasteiger partial charge in [-0.3, -0.25) is 4.79 Å². The number of nitrogens with zero attached hydrogens (tertiary/aromatic N) is 1. The van der Waals surface area contributed by atoms with Crippen molar-refractivity contribution >= 4 is 15.9 Å². The first-order valence-electron chi connectivity index (χ1n) is 16.1. The van der Waals surface area contributed by atoms with Gasteiger partial charge in [0, 0.05) is 23.7 Å². The van der Waals surface area contributed by atoms with E-state index in [9.17, 15) is 13.2 Å². The van der Waals surface area contributed by atoms with E-state index in [2.05, 4.69) is 4.72 Å². The Kier molecular flexibility index (Phi) is 9.63. The number of nitrogens with one attached hydrogen (secondary N) is 1. The number of benzene rings is 3. The summed E-state index contributed by atoms with van der Waals surface area (Å²) in [6, 6.07) is 16.5. The van der Waals surface area contributed by atoms with Gasteiger partial charge in [-0.25, -0.2) is 8.42 Å². The van der Waals surface area contributed by atoms with Gasteiger partial charge in [0.05, 0.1) is 11.5 Å². The molecule has 6 rings (SSSR count). The molecule has 2 bridgehead atoms. The number of nitrogens with two attached hydrogens (primary N) is 1. The zero-order valence-corrected chi connectivity index (χ0v) is 26.5. The molecule has 3 unspecified atom stereocenters. The second kappa shape index (κ2) is 13.7. The summed E-state index contributed by atoms with van der Waals surface area (Å²) in [6.07, 6.45) is 8.06. The van der Waals surface area contributed by atoms with Crippen LogP contribution < -0.4 is 19.9 Å². The van der Waals surface area contributed by atoms with Gasteiger partial charge in [0.2, 0.25) is 15.9 Å². The van der Waals surface area contributed by atoms with Gasteiger partial charge in [-0.2, -0.15) is 13.5 Å². The van der Waals surface area contributed by atoms with E-state index in [1.807, 2.05) is 6.07 Å². The first-order chi connectivity index (χ1) is 22.1. The van der Waals surface area contributed by atoms with Crippen molar-refractivity contribution in [1.82, 2.24) is 9.62 Å². The molecule has 3 fully saturated rings. The molecule has 0 spiro atoms. The highest BCUT2D eigenvalue weighted by molar-refractivity contribution is 7.89. The van der Waals surface area contributed by atoms with Crippen molar-refractivity contribution in [2.45, 2.75) is 92.8 Å². The number of carbonyl (C=O) groups is 1. The number of amides is 1. The molecule has 3 aromatic rings. The van der Waals surface area contributed by atoms with Crippen molar-refractivity contribution in [3.8, 4) is 17.2 Å². The summed E-state index contributed by atoms with van der Waals surface area (Å²) in [5, 5.41) is 0. The molecule has 11 heteroatoms. The molecule has 3 aliphatic rings. The minimum absolute atomic E-state index is 0.131. The van der Waals surface area contributed by atoms with Crippen LogP contribution in [-0.4, -0.2) is 50.0 Å². The number of halogens is 2. The largest absolute Gasteiger partial charge is 0.493 e. The van der Waals surface area contributed by atoms with E-state index in [0.717, 1.165) is 25.0 Å². The zero-order chi connectivity index (χ0) is 32.3. The summed E-state index contributed by atoms with van der Waals surface area (Å²) in [6.45, 7) is 0.546. The van der Waals surface area contributed by atoms with Gasteiger partial charge in [0.25, 0.3) is 5.92 Å². The van der Waals surface area contributed by atoms with Crippen molar-refractivity contribution in [3.05, 3.63) is 84.4 Å². The molecule has 46 heavy (non-hydrogen) atoms. The third-order valence-electron chi connectivity index (χ3n) is 9.47. The van der Waals surface area contributed by atoms with Gasteiger partial charge in [0.1, 0.15) is 17.2 Å². The van der Waals surface area contributed by atoms with E-state index >= 15 is 8.78 Å². The monoisotopic (exact) mass is 653 g/mol. The lowest BCUT2D eigenvalue weighted by Crippen LogP contribution is -2.60. The van der Waals surface area contributed by atoms with E-state index in [1.54, 1.807) is 24.3 Å². The molecule has 1 aliphatic carbocycles. The Morgan fingerprint density at radius 1 is 0.848 bits per heavy atom. The number of piperidine rings is 1. The Labute approximate surface area is 269 Å². The molecule has 0 radical (unpaired) electrons. The average molecular weight is 654 g/mol. The third-order valence-corrected chi connectivity index (χ3v) is 10.9. The summed E-state index contributed by atoms with van der Waals surface area (Å²) in [5.41, 5.74) is 5.66. The minimum Gasteiger partial charge on any atom is -0.493 e. The van der Waals surface area contributed by atoms with Crippen LogP contribution in [0.1, 0.15) is 63.4 Å². The highest BCUT2D eigenvalue weighted by Gasteiger charge is 2.53. The number of hydrogen-bond donors (Lipinski definition) is 2. The summed E-state index contributed by atoms with van der Waals surface area (Å²) < 4.78 is 73.9. The fourth-order valence-electron chi connectivity index (χ4n) is 7.05. The van der Waals surface area contributed by atoms with Gasteiger partial charge in [-0.05, 0) is 105 Å². The van der Waals surface area contributed by atoms with Crippen LogP contribution >= 0.6 is 0 Å². The van der Waals surface area contributed by atoms with Crippen LogP contribution in [0.5, 0.6) is 17.2 Å². The quantitative estimate of drug-likeness (QED) is 0.249. The second-order valence-electron chi connectivity index (χ2n) is 12.8. The predicted octanol–water partition coefficient (Wildman–Crippen LogP) is 6.36. The summed E-state index contributed by atoms with van der Waals surface area (Å²) in [4.78, 5) is 15.2. The molecule has 1 amide bonds. The minimum atomic E-state index is -4.54. The molecule has 246 valence electrons. The van der Waals surface area contributed by atoms with Crippen molar-refractivity contribution in [1.29, 1.82) is 0 Å². The van der Waals surface area contributed by atoms with Gasteiger partial charge in [0.15, 0.2) is 6.04 Å².